The van der Waals surface area contributed by atoms with Gasteiger partial charge < -0.3 is 20.1 Å². The number of aliphatic hydroxyl groups is 3. The minimum atomic E-state index is -0.721. The molecule has 0 spiro atoms. The predicted octanol–water partition coefficient (Wildman–Crippen LogP) is 1.04. The van der Waals surface area contributed by atoms with E-state index in [1.165, 1.54) is 0 Å². The van der Waals surface area contributed by atoms with E-state index in [1.807, 2.05) is 0 Å². The molecule has 108 valence electrons. The minimum Gasteiger partial charge on any atom is -0.392 e. The topological polar surface area (TPSA) is 69.9 Å². The molecule has 1 saturated carbocycles. The van der Waals surface area contributed by atoms with Crippen LogP contribution in [0.2, 0.25) is 0 Å². The van der Waals surface area contributed by atoms with Crippen LogP contribution in [0.15, 0.2) is 0 Å². The second-order valence-electron chi connectivity index (χ2n) is 5.66. The van der Waals surface area contributed by atoms with Crippen molar-refractivity contribution < 1.29 is 20.1 Å². The van der Waals surface area contributed by atoms with Gasteiger partial charge in [0.25, 0.3) is 0 Å². The molecule has 0 unspecified atom stereocenters. The number of unbranched alkanes of at least 4 members (excludes halogenated alkanes) is 2. The van der Waals surface area contributed by atoms with Crippen LogP contribution >= 0.6 is 0 Å². The first-order chi connectivity index (χ1) is 9.11. The lowest BCUT2D eigenvalue weighted by Crippen LogP contribution is -2.19. The van der Waals surface area contributed by atoms with Crippen molar-refractivity contribution in [3.63, 3.8) is 0 Å². The number of fused-ring (bicyclic) bond motifs is 1. The molecule has 0 aromatic heterocycles. The third-order valence-electron chi connectivity index (χ3n) is 4.13. The smallest absolute Gasteiger partial charge is 0.155 e. The van der Waals surface area contributed by atoms with E-state index in [9.17, 15) is 15.3 Å². The quantitative estimate of drug-likeness (QED) is 0.526. The molecule has 0 bridgehead atoms. The number of aliphatic hydroxyl groups excluding tert-OH is 3. The van der Waals surface area contributed by atoms with Crippen molar-refractivity contribution in [1.82, 2.24) is 0 Å². The van der Waals surface area contributed by atoms with E-state index in [2.05, 4.69) is 18.8 Å². The fourth-order valence-electron chi connectivity index (χ4n) is 3.08. The van der Waals surface area contributed by atoms with Crippen LogP contribution in [0.1, 0.15) is 45.4 Å². The molecule has 3 N–H and O–H groups in total. The maximum atomic E-state index is 9.96. The van der Waals surface area contributed by atoms with Crippen LogP contribution in [-0.2, 0) is 4.74 Å². The average Bonchev–Trinajstić information content (AvgIpc) is 2.82. The van der Waals surface area contributed by atoms with Crippen LogP contribution in [0.5, 0.6) is 0 Å². The van der Waals surface area contributed by atoms with Crippen LogP contribution in [0.4, 0.5) is 0 Å². The summed E-state index contributed by atoms with van der Waals surface area (Å²) in [4.78, 5) is 0. The van der Waals surface area contributed by atoms with Crippen LogP contribution < -0.4 is 0 Å². The fourth-order valence-corrected chi connectivity index (χ4v) is 3.08. The molecule has 4 heteroatoms. The van der Waals surface area contributed by atoms with Gasteiger partial charge in [-0.05, 0) is 12.8 Å². The Balaban J connectivity index is 1.87. The van der Waals surface area contributed by atoms with Crippen LogP contribution in [0.3, 0.4) is 0 Å². The largest absolute Gasteiger partial charge is 0.392 e. The Labute approximate surface area is 114 Å². The Morgan fingerprint density at radius 2 is 2.05 bits per heavy atom. The first kappa shape index (κ1) is 14.8. The Kier molecular flexibility index (Phi) is 5.23. The summed E-state index contributed by atoms with van der Waals surface area (Å²) in [6, 6.07) is 0. The summed E-state index contributed by atoms with van der Waals surface area (Å²) in [7, 11) is 0. The summed E-state index contributed by atoms with van der Waals surface area (Å²) in [5.74, 6) is 5.78. The lowest BCUT2D eigenvalue weighted by Gasteiger charge is -2.13. The highest BCUT2D eigenvalue weighted by molar-refractivity contribution is 5.15. The van der Waals surface area contributed by atoms with Gasteiger partial charge in [0.05, 0.1) is 18.1 Å². The van der Waals surface area contributed by atoms with Gasteiger partial charge in [0.2, 0.25) is 0 Å². The first-order valence-corrected chi connectivity index (χ1v) is 7.32. The number of hydrogen-bond donors (Lipinski definition) is 3. The molecule has 1 aliphatic heterocycles. The maximum Gasteiger partial charge on any atom is 0.155 e. The number of ether oxygens (including phenoxy) is 1. The highest BCUT2D eigenvalue weighted by atomic mass is 16.6. The van der Waals surface area contributed by atoms with Gasteiger partial charge >= 0.3 is 0 Å². The molecule has 0 aromatic rings. The van der Waals surface area contributed by atoms with Crippen molar-refractivity contribution in [3.05, 3.63) is 0 Å². The van der Waals surface area contributed by atoms with Crippen LogP contribution in [0.25, 0.3) is 0 Å². The summed E-state index contributed by atoms with van der Waals surface area (Å²) in [5.41, 5.74) is 0. The molecule has 2 rings (SSSR count). The SMILES string of the molecule is CCCCC[C@H](O)C#C[C@H]1[C@H]2C[C@H](O)O[C@H]2C[C@H]1O. The lowest BCUT2D eigenvalue weighted by atomic mass is 9.92. The zero-order valence-electron chi connectivity index (χ0n) is 11.5. The molecule has 0 aromatic carbocycles. The third kappa shape index (κ3) is 3.70. The molecule has 4 nitrogen and oxygen atoms in total. The second-order valence-corrected chi connectivity index (χ2v) is 5.66. The molecule has 1 aliphatic carbocycles. The molecule has 1 saturated heterocycles. The average molecular weight is 268 g/mol. The highest BCUT2D eigenvalue weighted by Gasteiger charge is 2.48. The highest BCUT2D eigenvalue weighted by Crippen LogP contribution is 2.42. The van der Waals surface area contributed by atoms with Crippen molar-refractivity contribution in [2.45, 2.75) is 70.1 Å². The molecule has 0 amide bonds. The van der Waals surface area contributed by atoms with Gasteiger partial charge in [-0.15, -0.1) is 0 Å². The molecular weight excluding hydrogens is 244 g/mol. The molecule has 6 atom stereocenters. The molecule has 2 fully saturated rings. The van der Waals surface area contributed by atoms with Gasteiger partial charge in [-0.25, -0.2) is 0 Å². The van der Waals surface area contributed by atoms with Crippen molar-refractivity contribution >= 4 is 0 Å². The monoisotopic (exact) mass is 268 g/mol. The van der Waals surface area contributed by atoms with Gasteiger partial charge in [0.15, 0.2) is 6.29 Å². The summed E-state index contributed by atoms with van der Waals surface area (Å²) in [6.45, 7) is 2.12. The Morgan fingerprint density at radius 1 is 1.26 bits per heavy atom. The van der Waals surface area contributed by atoms with Gasteiger partial charge in [-0.2, -0.15) is 0 Å². The van der Waals surface area contributed by atoms with Crippen molar-refractivity contribution in [3.8, 4) is 11.8 Å². The van der Waals surface area contributed by atoms with E-state index in [4.69, 9.17) is 4.74 Å². The standard InChI is InChI=1S/C15H24O4/c1-2-3-4-5-10(16)6-7-11-12-8-15(18)19-14(12)9-13(11)17/h10-18H,2-5,8-9H2,1H3/t10-,11-,12+,13+,14-,15+/m0/s1. The molecule has 2 aliphatic rings. The van der Waals surface area contributed by atoms with E-state index in [0.717, 1.165) is 19.3 Å². The number of rotatable bonds is 4. The zero-order chi connectivity index (χ0) is 13.8. The number of hydrogen-bond acceptors (Lipinski definition) is 4. The van der Waals surface area contributed by atoms with Crippen molar-refractivity contribution in [2.24, 2.45) is 11.8 Å². The Bertz CT molecular complexity index is 346. The van der Waals surface area contributed by atoms with Gasteiger partial charge in [0.1, 0.15) is 6.10 Å². The molecule has 19 heavy (non-hydrogen) atoms. The van der Waals surface area contributed by atoms with Gasteiger partial charge in [-0.1, -0.05) is 31.6 Å². The van der Waals surface area contributed by atoms with Crippen molar-refractivity contribution in [2.75, 3.05) is 0 Å². The van der Waals surface area contributed by atoms with Crippen LogP contribution in [-0.4, -0.2) is 39.9 Å². The van der Waals surface area contributed by atoms with Crippen LogP contribution in [0, 0.1) is 23.7 Å². The summed E-state index contributed by atoms with van der Waals surface area (Å²) >= 11 is 0. The maximum absolute atomic E-state index is 9.96. The molecular formula is C15H24O4. The Morgan fingerprint density at radius 3 is 2.79 bits per heavy atom. The van der Waals surface area contributed by atoms with E-state index >= 15 is 0 Å². The van der Waals surface area contributed by atoms with E-state index in [-0.39, 0.29) is 17.9 Å². The summed E-state index contributed by atoms with van der Waals surface area (Å²) in [6.07, 6.45) is 3.06. The normalized spacial score (nSPS) is 38.6. The van der Waals surface area contributed by atoms with Gasteiger partial charge in [0, 0.05) is 18.8 Å². The zero-order valence-corrected chi connectivity index (χ0v) is 11.5. The van der Waals surface area contributed by atoms with Crippen molar-refractivity contribution in [1.29, 1.82) is 0 Å². The van der Waals surface area contributed by atoms with E-state index in [0.29, 0.717) is 19.3 Å². The fraction of sp³-hybridized carbons (Fsp3) is 0.867. The Hall–Kier alpha value is -0.600. The first-order valence-electron chi connectivity index (χ1n) is 7.32. The van der Waals surface area contributed by atoms with E-state index in [1.54, 1.807) is 0 Å². The minimum absolute atomic E-state index is 0.0819. The second kappa shape index (κ2) is 6.71. The summed E-state index contributed by atoms with van der Waals surface area (Å²) in [5, 5.41) is 29.2. The predicted molar refractivity (Wildman–Crippen MR) is 71.0 cm³/mol. The van der Waals surface area contributed by atoms with Gasteiger partial charge in [-0.3, -0.25) is 0 Å². The molecule has 1 heterocycles. The lowest BCUT2D eigenvalue weighted by molar-refractivity contribution is -0.0949. The van der Waals surface area contributed by atoms with E-state index < -0.39 is 18.5 Å². The third-order valence-corrected chi connectivity index (χ3v) is 4.13. The molecule has 0 radical (unpaired) electrons. The summed E-state index contributed by atoms with van der Waals surface area (Å²) < 4.78 is 5.34.